The Labute approximate surface area is 890 Å². The van der Waals surface area contributed by atoms with Crippen molar-refractivity contribution in [3.63, 3.8) is 0 Å². The highest BCUT2D eigenvalue weighted by Gasteiger charge is 2.53. The lowest BCUT2D eigenvalue weighted by molar-refractivity contribution is -0.124. The Balaban J connectivity index is 0.000000444. The van der Waals surface area contributed by atoms with Crippen LogP contribution < -0.4 is 0 Å². The van der Waals surface area contributed by atoms with Crippen LogP contribution in [-0.2, 0) is 14.4 Å². The lowest BCUT2D eigenvalue weighted by Crippen LogP contribution is -2.36. The molecule has 143 heavy (non-hydrogen) atoms. The van der Waals surface area contributed by atoms with Crippen molar-refractivity contribution < 1.29 is 14.4 Å². The van der Waals surface area contributed by atoms with Crippen LogP contribution in [0.15, 0.2) is 179 Å². The van der Waals surface area contributed by atoms with Gasteiger partial charge in [0, 0.05) is 37.0 Å². The molecule has 0 heterocycles. The van der Waals surface area contributed by atoms with E-state index in [0.717, 1.165) is 151 Å². The van der Waals surface area contributed by atoms with Gasteiger partial charge in [0.15, 0.2) is 0 Å². The molecule has 9 rings (SSSR count). The predicted octanol–water partition coefficient (Wildman–Crippen LogP) is 40.3. The van der Waals surface area contributed by atoms with E-state index < -0.39 is 0 Å². The quantitative estimate of drug-likeness (QED) is 0.0447. The summed E-state index contributed by atoms with van der Waals surface area (Å²) in [6.07, 6.45) is 113. The van der Waals surface area contributed by atoms with Crippen LogP contribution in [0, 0.1) is 117 Å². The molecule has 0 saturated heterocycles. The predicted molar refractivity (Wildman–Crippen MR) is 635 cm³/mol. The Morgan fingerprint density at radius 3 is 0.902 bits per heavy atom. The monoisotopic (exact) mass is 1970 g/mol. The number of carbonyl (C=O) groups is 3. The minimum Gasteiger partial charge on any atom is -0.309 e. The number of Topliss-reactive ketones (excluding diaryl/α,β-unsaturated/α-hetero) is 3. The molecule has 6 heteroatoms. The Morgan fingerprint density at radius 1 is 0.322 bits per heavy atom. The number of carbonyl (C=O) groups excluding carboxylic acids is 3. The van der Waals surface area contributed by atoms with Crippen LogP contribution in [0.4, 0.5) is 0 Å². The van der Waals surface area contributed by atoms with E-state index in [1.54, 1.807) is 16.7 Å². The van der Waals surface area contributed by atoms with Gasteiger partial charge < -0.3 is 14.7 Å². The van der Waals surface area contributed by atoms with Gasteiger partial charge in [-0.05, 0) is 435 Å². The molecule has 816 valence electrons. The highest BCUT2D eigenvalue weighted by molar-refractivity contribution is 5.83. The van der Waals surface area contributed by atoms with Crippen molar-refractivity contribution in [3.8, 4) is 0 Å². The molecule has 9 saturated carbocycles. The topological polar surface area (TPSA) is 60.9 Å². The van der Waals surface area contributed by atoms with E-state index in [4.69, 9.17) is 0 Å². The molecule has 0 amide bonds. The number of hydrogen-bond donors (Lipinski definition) is 0. The highest BCUT2D eigenvalue weighted by atomic mass is 16.1. The molecule has 0 N–H and O–H groups in total. The third-order valence-electron chi connectivity index (χ3n) is 37.1. The minimum absolute atomic E-state index is 0. The summed E-state index contributed by atoms with van der Waals surface area (Å²) in [5, 5.41) is 0. The fourth-order valence-electron chi connectivity index (χ4n) is 27.0. The lowest BCUT2D eigenvalue weighted by atomic mass is 9.60. The van der Waals surface area contributed by atoms with E-state index in [1.807, 2.05) is 0 Å². The first-order valence-corrected chi connectivity index (χ1v) is 59.9. The van der Waals surface area contributed by atoms with Crippen molar-refractivity contribution in [1.82, 2.24) is 14.7 Å². The van der Waals surface area contributed by atoms with Gasteiger partial charge in [0.1, 0.15) is 17.3 Å². The van der Waals surface area contributed by atoms with Crippen LogP contribution in [0.3, 0.4) is 0 Å². The molecular formula is C137H235N3O3. The van der Waals surface area contributed by atoms with Crippen molar-refractivity contribution in [1.29, 1.82) is 0 Å². The molecule has 0 spiro atoms. The van der Waals surface area contributed by atoms with E-state index >= 15 is 0 Å². The maximum absolute atomic E-state index is 13.2. The number of nitrogens with zero attached hydrogens (tertiary/aromatic N) is 3. The third-order valence-corrected chi connectivity index (χ3v) is 37.1. The van der Waals surface area contributed by atoms with Crippen LogP contribution in [0.25, 0.3) is 0 Å². The SMILES string of the molecule is C.C.C.C=C1CC[C@H](C(=O)CCCCCC/C=C/C/C=C\CCCCCN(C)C)C/C1=C\C=C1/CCC[C@@]2(C)C1CC[C@@H]2[C@H](C)/C=C/[C@H](C)C(C)C.C=C1CC[C@H](C(=O)CCCCCC/C=C/C/C=C\CCCCCN(C)C)C/C1=C\C=C1/CCC[C@@]2(C)C1CC[C@@H]2[C@H](C)CCCC(C)C.C=C1CC[C@H](C(=O)CCCCCCCCCCN(C)C)C/C1=C\C=C1/CCC[C@@]2(C)C1CC[C@@H]2[C@H](C)/C=C/[C@H](C)C(C)C. The molecule has 9 aliphatic rings. The minimum atomic E-state index is 0. The summed E-state index contributed by atoms with van der Waals surface area (Å²) < 4.78 is 0. The first-order chi connectivity index (χ1) is 67.2. The van der Waals surface area contributed by atoms with Crippen molar-refractivity contribution in [3.05, 3.63) is 179 Å². The maximum atomic E-state index is 13.2. The average molecular weight is 1970 g/mol. The van der Waals surface area contributed by atoms with Gasteiger partial charge in [-0.3, -0.25) is 14.4 Å². The molecule has 9 fully saturated rings. The molecule has 3 unspecified atom stereocenters. The van der Waals surface area contributed by atoms with E-state index in [2.05, 4.69) is 283 Å². The molecule has 0 bridgehead atoms. The summed E-state index contributed by atoms with van der Waals surface area (Å²) in [5.74, 6) is 12.4. The van der Waals surface area contributed by atoms with Gasteiger partial charge >= 0.3 is 0 Å². The van der Waals surface area contributed by atoms with Crippen LogP contribution in [0.1, 0.15) is 492 Å². The van der Waals surface area contributed by atoms with E-state index in [1.165, 1.54) is 310 Å². The van der Waals surface area contributed by atoms with Crippen LogP contribution in [0.5, 0.6) is 0 Å². The van der Waals surface area contributed by atoms with Gasteiger partial charge in [-0.25, -0.2) is 0 Å². The molecule has 0 aromatic rings. The van der Waals surface area contributed by atoms with Gasteiger partial charge in [-0.15, -0.1) is 0 Å². The van der Waals surface area contributed by atoms with Crippen molar-refractivity contribution in [2.75, 3.05) is 61.9 Å². The smallest absolute Gasteiger partial charge is 0.136 e. The van der Waals surface area contributed by atoms with E-state index in [0.29, 0.717) is 80.9 Å². The normalized spacial score (nSPS) is 27.7. The number of allylic oxidation sites excluding steroid dienone is 27. The van der Waals surface area contributed by atoms with Crippen LogP contribution >= 0.6 is 0 Å². The molecule has 0 aromatic heterocycles. The van der Waals surface area contributed by atoms with E-state index in [9.17, 15) is 14.4 Å². The molecule has 17 atom stereocenters. The van der Waals surface area contributed by atoms with Gasteiger partial charge in [0.05, 0.1) is 0 Å². The summed E-state index contributed by atoms with van der Waals surface area (Å²) in [4.78, 5) is 46.4. The van der Waals surface area contributed by atoms with Crippen LogP contribution in [0.2, 0.25) is 0 Å². The summed E-state index contributed by atoms with van der Waals surface area (Å²) in [5.41, 5.74) is 14.2. The van der Waals surface area contributed by atoms with Gasteiger partial charge in [-0.2, -0.15) is 0 Å². The number of fused-ring (bicyclic) bond motifs is 3. The van der Waals surface area contributed by atoms with Gasteiger partial charge in [0.2, 0.25) is 0 Å². The highest BCUT2D eigenvalue weighted by Crippen LogP contribution is 2.63. The second kappa shape index (κ2) is 71.7. The second-order valence-electron chi connectivity index (χ2n) is 50.1. The molecular weight excluding hydrogens is 1740 g/mol. The fraction of sp³-hybridized carbons (Fsp3) is 0.759. The first kappa shape index (κ1) is 130. The third kappa shape index (κ3) is 46.4. The zero-order valence-electron chi connectivity index (χ0n) is 95.5. The Morgan fingerprint density at radius 2 is 0.601 bits per heavy atom. The van der Waals surface area contributed by atoms with Crippen molar-refractivity contribution in [2.45, 2.75) is 492 Å². The standard InChI is InChI=1S/C47H77NO.C46H77NO.C41H69NO.3CH4/c1-37(2)38(3)26-27-40(5)44-32-33-45-41(24-23-34-47(44,45)6)30-31-42-36-43(29-28-39(42)4)46(49)25-21-19-17-15-13-11-9-10-12-14-16-18-20-22-35-48(7)8;1-37(2)24-22-25-39(4)43-32-33-44-40(26-23-34-46(43,44)5)30-31-41-36-42(29-28-38(41)3)45(48)27-20-18-16-14-12-10-8-9-11-13-15-17-19-21-35-47(6)7;1-31(2)32(3)20-21-34(5)38-26-27-39-35(18-17-28-41(38,39)6)24-25-36-30-37(23-22-33(36)4)40(43)19-15-13-11-9-10-12-14-16-29-42(7)8;;;/h9,11-12,14,26-27,30-31,37-38,40,43-45H,4,10,13,15-25,28-29,32-36H2,1-3,5-8H3;8,10-11,13,30-31,37,39,42-44H,3,9,12,14-29,32-36H2,1-2,4-7H3;20-21,24-25,31-32,34,37-39H,4,9-19,22-23,26-30H2,1-3,5-8H3;3*1H4/b11-9+,14-12-,27-26+,41-30+,42-31+;10-8+,13-11-,40-30+,41-31+;21-20+,35-24+,36-25+;;;/t38-,40+,43-,44+,45?,47+;39-,42+,43-,44?,46-;32-,34+,37-,38+,39?,41+;;;/m010.../s1. The number of ketones is 3. The number of hydrogen-bond acceptors (Lipinski definition) is 6. The summed E-state index contributed by atoms with van der Waals surface area (Å²) in [6, 6.07) is 0. The van der Waals surface area contributed by atoms with Crippen molar-refractivity contribution >= 4 is 17.3 Å². The maximum Gasteiger partial charge on any atom is 0.136 e. The molecule has 0 aliphatic heterocycles. The van der Waals surface area contributed by atoms with Gasteiger partial charge in [-0.1, -0.05) is 378 Å². The summed E-state index contributed by atoms with van der Waals surface area (Å²) in [6.45, 7) is 51.0. The van der Waals surface area contributed by atoms with Crippen molar-refractivity contribution in [2.24, 2.45) is 117 Å². The zero-order chi connectivity index (χ0) is 102. The Kier molecular flexibility index (Phi) is 65.3. The summed E-state index contributed by atoms with van der Waals surface area (Å²) >= 11 is 0. The Bertz CT molecular complexity index is 3990. The number of unbranched alkanes of at least 4 members (excludes halogenated alkanes) is 21. The van der Waals surface area contributed by atoms with E-state index in [-0.39, 0.29) is 40.0 Å². The number of rotatable bonds is 60. The zero-order valence-corrected chi connectivity index (χ0v) is 95.5. The molecule has 9 aliphatic carbocycles. The second-order valence-corrected chi connectivity index (χ2v) is 50.1. The first-order valence-electron chi connectivity index (χ1n) is 59.9. The van der Waals surface area contributed by atoms with Crippen LogP contribution in [-0.4, -0.2) is 94.0 Å². The molecule has 0 radical (unpaired) electrons. The fourth-order valence-corrected chi connectivity index (χ4v) is 27.0. The molecule has 0 aromatic carbocycles. The van der Waals surface area contributed by atoms with Gasteiger partial charge in [0.25, 0.3) is 0 Å². The lowest BCUT2D eigenvalue weighted by Gasteiger charge is -2.44. The Hall–Kier alpha value is -5.01. The largest absolute Gasteiger partial charge is 0.309 e. The summed E-state index contributed by atoms with van der Waals surface area (Å²) in [7, 11) is 12.9. The molecule has 6 nitrogen and oxygen atoms in total. The average Bonchev–Trinajstić information content (AvgIpc) is 1.62.